The van der Waals surface area contributed by atoms with E-state index >= 15 is 0 Å². The lowest BCUT2D eigenvalue weighted by atomic mass is 10.1. The third kappa shape index (κ3) is 8.22. The average molecular weight is 558 g/mol. The second-order valence-electron chi connectivity index (χ2n) is 8.80. The van der Waals surface area contributed by atoms with Gasteiger partial charge in [-0.15, -0.1) is 0 Å². The first-order chi connectivity index (χ1) is 18.1. The molecule has 0 fully saturated rings. The van der Waals surface area contributed by atoms with Crippen molar-refractivity contribution in [1.82, 2.24) is 10.2 Å². The minimum absolute atomic E-state index is 0.0849. The van der Waals surface area contributed by atoms with Gasteiger partial charge in [-0.2, -0.15) is 0 Å². The summed E-state index contributed by atoms with van der Waals surface area (Å²) in [7, 11) is -3.83. The summed E-state index contributed by atoms with van der Waals surface area (Å²) in [5.41, 5.74) is 1.02. The molecule has 0 aliphatic heterocycles. The molecule has 3 rings (SSSR count). The zero-order valence-electron chi connectivity index (χ0n) is 21.6. The Kier molecular flexibility index (Phi) is 10.2. The number of hydrogen-bond acceptors (Lipinski definition) is 5. The SMILES string of the molecule is CCCNC(=O)[C@H](C)N(Cc1cccc(Cl)c1)C(=O)CN(c1ccc(Oc2ccccc2)cc1)S(C)(=O)=O. The number of para-hydroxylation sites is 1. The van der Waals surface area contributed by atoms with Gasteiger partial charge in [0.25, 0.3) is 0 Å². The fourth-order valence-electron chi connectivity index (χ4n) is 3.73. The van der Waals surface area contributed by atoms with Crippen LogP contribution < -0.4 is 14.4 Å². The van der Waals surface area contributed by atoms with Crippen LogP contribution in [0.1, 0.15) is 25.8 Å². The average Bonchev–Trinajstić information content (AvgIpc) is 2.89. The van der Waals surface area contributed by atoms with E-state index in [1.165, 1.54) is 4.90 Å². The van der Waals surface area contributed by atoms with Gasteiger partial charge in [0.15, 0.2) is 0 Å². The Morgan fingerprint density at radius 1 is 0.974 bits per heavy atom. The van der Waals surface area contributed by atoms with Crippen molar-refractivity contribution in [3.63, 3.8) is 0 Å². The molecule has 0 saturated carbocycles. The van der Waals surface area contributed by atoms with Crippen molar-refractivity contribution in [2.45, 2.75) is 32.9 Å². The van der Waals surface area contributed by atoms with Crippen LogP contribution in [-0.4, -0.2) is 50.5 Å². The standard InChI is InChI=1S/C28H32ClN3O5S/c1-4-17-30-28(34)21(2)31(19-22-9-8-10-23(29)18-22)27(33)20-32(38(3,35)36)24-13-15-26(16-14-24)37-25-11-6-5-7-12-25/h5-16,18,21H,4,17,19-20H2,1-3H3,(H,30,34)/t21-/m0/s1. The van der Waals surface area contributed by atoms with Crippen molar-refractivity contribution in [1.29, 1.82) is 0 Å². The molecule has 0 aliphatic rings. The molecule has 0 aromatic heterocycles. The number of anilines is 1. The molecule has 0 bridgehead atoms. The van der Waals surface area contributed by atoms with E-state index in [1.54, 1.807) is 55.5 Å². The van der Waals surface area contributed by atoms with Gasteiger partial charge in [0.05, 0.1) is 11.9 Å². The van der Waals surface area contributed by atoms with Crippen molar-refractivity contribution in [3.8, 4) is 11.5 Å². The van der Waals surface area contributed by atoms with Crippen LogP contribution in [-0.2, 0) is 26.2 Å². The highest BCUT2D eigenvalue weighted by atomic mass is 35.5. The molecule has 8 nitrogen and oxygen atoms in total. The number of sulfonamides is 1. The van der Waals surface area contributed by atoms with Crippen LogP contribution in [0.15, 0.2) is 78.9 Å². The second-order valence-corrected chi connectivity index (χ2v) is 11.1. The van der Waals surface area contributed by atoms with Gasteiger partial charge < -0.3 is 15.0 Å². The number of carbonyl (C=O) groups excluding carboxylic acids is 2. The summed E-state index contributed by atoms with van der Waals surface area (Å²) < 4.78 is 32.3. The van der Waals surface area contributed by atoms with E-state index in [1.807, 2.05) is 37.3 Å². The van der Waals surface area contributed by atoms with Gasteiger partial charge in [-0.1, -0.05) is 48.9 Å². The lowest BCUT2D eigenvalue weighted by Crippen LogP contribution is -2.51. The minimum Gasteiger partial charge on any atom is -0.457 e. The molecule has 0 aliphatic carbocycles. The first-order valence-corrected chi connectivity index (χ1v) is 14.4. The van der Waals surface area contributed by atoms with Crippen LogP contribution in [0, 0.1) is 0 Å². The molecule has 0 unspecified atom stereocenters. The van der Waals surface area contributed by atoms with E-state index in [0.29, 0.717) is 34.3 Å². The zero-order chi connectivity index (χ0) is 27.7. The number of carbonyl (C=O) groups is 2. The number of amides is 2. The van der Waals surface area contributed by atoms with Crippen LogP contribution in [0.5, 0.6) is 11.5 Å². The first-order valence-electron chi connectivity index (χ1n) is 12.2. The summed E-state index contributed by atoms with van der Waals surface area (Å²) in [5.74, 6) is 0.306. The second kappa shape index (κ2) is 13.3. The molecule has 0 saturated heterocycles. The maximum Gasteiger partial charge on any atom is 0.244 e. The van der Waals surface area contributed by atoms with Gasteiger partial charge in [-0.3, -0.25) is 13.9 Å². The molecular formula is C28H32ClN3O5S. The number of benzene rings is 3. The van der Waals surface area contributed by atoms with Crippen LogP contribution >= 0.6 is 11.6 Å². The largest absolute Gasteiger partial charge is 0.457 e. The molecule has 1 atom stereocenters. The molecule has 202 valence electrons. The molecule has 2 amide bonds. The van der Waals surface area contributed by atoms with Gasteiger partial charge in [-0.05, 0) is 67.4 Å². The Hall–Kier alpha value is -3.56. The van der Waals surface area contributed by atoms with Crippen molar-refractivity contribution in [3.05, 3.63) is 89.4 Å². The molecule has 0 heterocycles. The quantitative estimate of drug-likeness (QED) is 0.344. The van der Waals surface area contributed by atoms with Crippen molar-refractivity contribution < 1.29 is 22.7 Å². The molecule has 0 spiro atoms. The van der Waals surface area contributed by atoms with Gasteiger partial charge in [-0.25, -0.2) is 8.42 Å². The Bertz CT molecular complexity index is 1330. The van der Waals surface area contributed by atoms with Crippen molar-refractivity contribution in [2.24, 2.45) is 0 Å². The molecule has 1 N–H and O–H groups in total. The fourth-order valence-corrected chi connectivity index (χ4v) is 4.79. The maximum absolute atomic E-state index is 13.6. The van der Waals surface area contributed by atoms with Gasteiger partial charge in [0.2, 0.25) is 21.8 Å². The summed E-state index contributed by atoms with van der Waals surface area (Å²) in [5, 5.41) is 3.30. The molecule has 38 heavy (non-hydrogen) atoms. The fraction of sp³-hybridized carbons (Fsp3) is 0.286. The first kappa shape index (κ1) is 29.0. The topological polar surface area (TPSA) is 96.0 Å². The summed E-state index contributed by atoms with van der Waals surface area (Å²) in [6.45, 7) is 3.62. The number of nitrogens with one attached hydrogen (secondary N) is 1. The monoisotopic (exact) mass is 557 g/mol. The predicted molar refractivity (Wildman–Crippen MR) is 150 cm³/mol. The lowest BCUT2D eigenvalue weighted by molar-refractivity contribution is -0.139. The van der Waals surface area contributed by atoms with E-state index in [4.69, 9.17) is 16.3 Å². The predicted octanol–water partition coefficient (Wildman–Crippen LogP) is 4.84. The number of halogens is 1. The molecule has 10 heteroatoms. The molecule has 0 radical (unpaired) electrons. The number of rotatable bonds is 12. The summed E-state index contributed by atoms with van der Waals surface area (Å²) >= 11 is 6.13. The maximum atomic E-state index is 13.6. The molecule has 3 aromatic rings. The van der Waals surface area contributed by atoms with Gasteiger partial charge >= 0.3 is 0 Å². The number of ether oxygens (including phenoxy) is 1. The normalized spacial score (nSPS) is 11.9. The highest BCUT2D eigenvalue weighted by Gasteiger charge is 2.30. The van der Waals surface area contributed by atoms with Crippen LogP contribution in [0.2, 0.25) is 5.02 Å². The number of hydrogen-bond donors (Lipinski definition) is 1. The lowest BCUT2D eigenvalue weighted by Gasteiger charge is -2.31. The Morgan fingerprint density at radius 3 is 2.24 bits per heavy atom. The Morgan fingerprint density at radius 2 is 1.63 bits per heavy atom. The molecular weight excluding hydrogens is 526 g/mol. The summed E-state index contributed by atoms with van der Waals surface area (Å²) in [4.78, 5) is 27.7. The Balaban J connectivity index is 1.85. The summed E-state index contributed by atoms with van der Waals surface area (Å²) in [6, 6.07) is 21.7. The van der Waals surface area contributed by atoms with E-state index in [0.717, 1.165) is 17.0 Å². The Labute approximate surface area is 229 Å². The van der Waals surface area contributed by atoms with Gasteiger partial charge in [0.1, 0.15) is 24.1 Å². The summed E-state index contributed by atoms with van der Waals surface area (Å²) in [6.07, 6.45) is 1.78. The van der Waals surface area contributed by atoms with Crippen LogP contribution in [0.4, 0.5) is 5.69 Å². The van der Waals surface area contributed by atoms with Crippen LogP contribution in [0.25, 0.3) is 0 Å². The highest BCUT2D eigenvalue weighted by Crippen LogP contribution is 2.26. The van der Waals surface area contributed by atoms with E-state index in [-0.39, 0.29) is 12.5 Å². The molecule has 3 aromatic carbocycles. The third-order valence-corrected chi connectivity index (χ3v) is 7.12. The van der Waals surface area contributed by atoms with Gasteiger partial charge in [0, 0.05) is 18.1 Å². The smallest absolute Gasteiger partial charge is 0.244 e. The van der Waals surface area contributed by atoms with Crippen molar-refractivity contribution in [2.75, 3.05) is 23.7 Å². The third-order valence-electron chi connectivity index (χ3n) is 5.74. The van der Waals surface area contributed by atoms with Crippen molar-refractivity contribution >= 4 is 39.1 Å². The highest BCUT2D eigenvalue weighted by molar-refractivity contribution is 7.92. The van der Waals surface area contributed by atoms with E-state index in [2.05, 4.69) is 5.32 Å². The number of nitrogens with zero attached hydrogens (tertiary/aromatic N) is 2. The van der Waals surface area contributed by atoms with Crippen LogP contribution in [0.3, 0.4) is 0 Å². The van der Waals surface area contributed by atoms with E-state index < -0.39 is 28.5 Å². The van der Waals surface area contributed by atoms with E-state index in [9.17, 15) is 18.0 Å². The minimum atomic E-state index is -3.83. The zero-order valence-corrected chi connectivity index (χ0v) is 23.2.